The summed E-state index contributed by atoms with van der Waals surface area (Å²) in [6.07, 6.45) is 0. The van der Waals surface area contributed by atoms with Gasteiger partial charge in [0.2, 0.25) is 0 Å². The highest BCUT2D eigenvalue weighted by atomic mass is 32.2. The molecule has 1 aliphatic heterocycles. The summed E-state index contributed by atoms with van der Waals surface area (Å²) in [5, 5.41) is 16.7. The van der Waals surface area contributed by atoms with Crippen molar-refractivity contribution in [3.05, 3.63) is 76.0 Å². The number of hydrogen-bond donors (Lipinski definition) is 2. The van der Waals surface area contributed by atoms with Crippen molar-refractivity contribution < 1.29 is 23.8 Å². The lowest BCUT2D eigenvalue weighted by Gasteiger charge is -2.30. The van der Waals surface area contributed by atoms with Crippen LogP contribution in [0.5, 0.6) is 11.5 Å². The van der Waals surface area contributed by atoms with E-state index in [2.05, 4.69) is 16.7 Å². The number of nitriles is 1. The molecule has 0 fully saturated rings. The number of carbonyl (C=O) groups is 2. The number of nitrogens with zero attached hydrogens (tertiary/aromatic N) is 1. The van der Waals surface area contributed by atoms with Crippen LogP contribution in [0.15, 0.2) is 70.4 Å². The minimum Gasteiger partial charge on any atom is -0.493 e. The van der Waals surface area contributed by atoms with Gasteiger partial charge in [-0.3, -0.25) is 9.59 Å². The van der Waals surface area contributed by atoms with Gasteiger partial charge in [-0.05, 0) is 43.7 Å². The van der Waals surface area contributed by atoms with Gasteiger partial charge in [0, 0.05) is 17.0 Å². The predicted octanol–water partition coefficient (Wildman–Crippen LogP) is 4.33. The predicted molar refractivity (Wildman–Crippen MR) is 135 cm³/mol. The summed E-state index contributed by atoms with van der Waals surface area (Å²) < 4.78 is 15.8. The van der Waals surface area contributed by atoms with Gasteiger partial charge in [-0.1, -0.05) is 36.0 Å². The van der Waals surface area contributed by atoms with Gasteiger partial charge in [0.15, 0.2) is 11.5 Å². The average Bonchev–Trinajstić information content (AvgIpc) is 2.87. The molecular weight excluding hydrogens is 466 g/mol. The van der Waals surface area contributed by atoms with Gasteiger partial charge in [-0.25, -0.2) is 0 Å². The Morgan fingerprint density at radius 2 is 1.83 bits per heavy atom. The fourth-order valence-electron chi connectivity index (χ4n) is 3.75. The molecule has 1 aliphatic rings. The molecule has 0 saturated heterocycles. The van der Waals surface area contributed by atoms with Crippen LogP contribution in [-0.4, -0.2) is 38.5 Å². The van der Waals surface area contributed by atoms with Crippen molar-refractivity contribution in [2.75, 3.05) is 31.9 Å². The summed E-state index contributed by atoms with van der Waals surface area (Å²) in [4.78, 5) is 25.4. The molecule has 2 N–H and O–H groups in total. The number of nitrogens with one attached hydrogen (secondary N) is 2. The number of para-hydroxylation sites is 1. The normalized spacial score (nSPS) is 15.1. The molecule has 3 rings (SSSR count). The van der Waals surface area contributed by atoms with E-state index in [4.69, 9.17) is 14.2 Å². The first-order valence-corrected chi connectivity index (χ1v) is 11.9. The Balaban J connectivity index is 2.08. The molecule has 1 heterocycles. The average molecular weight is 494 g/mol. The van der Waals surface area contributed by atoms with E-state index in [1.54, 1.807) is 44.2 Å². The van der Waals surface area contributed by atoms with Gasteiger partial charge in [0.25, 0.3) is 5.91 Å². The highest BCUT2D eigenvalue weighted by Crippen LogP contribution is 2.43. The number of carbonyl (C=O) groups excluding carboxylic acids is 2. The SMILES string of the molecule is CCOC(=O)CSC1=C(C#N)[C@H](c2ccc(OC)c(OC)c2)C(C(=O)Nc2ccccc2)=C(C)N1. The summed E-state index contributed by atoms with van der Waals surface area (Å²) >= 11 is 1.17. The topological polar surface area (TPSA) is 110 Å². The summed E-state index contributed by atoms with van der Waals surface area (Å²) in [6.45, 7) is 3.78. The zero-order chi connectivity index (χ0) is 25.4. The van der Waals surface area contributed by atoms with E-state index in [0.717, 1.165) is 0 Å². The number of methoxy groups -OCH3 is 2. The summed E-state index contributed by atoms with van der Waals surface area (Å²) in [5.41, 5.74) is 2.58. The molecule has 0 bridgehead atoms. The van der Waals surface area contributed by atoms with Crippen molar-refractivity contribution >= 4 is 29.3 Å². The van der Waals surface area contributed by atoms with Crippen LogP contribution in [0, 0.1) is 11.3 Å². The molecule has 2 aromatic rings. The summed E-state index contributed by atoms with van der Waals surface area (Å²) in [5.74, 6) is -0.403. The van der Waals surface area contributed by atoms with E-state index in [1.807, 2.05) is 18.2 Å². The van der Waals surface area contributed by atoms with E-state index in [9.17, 15) is 14.9 Å². The second-order valence-corrected chi connectivity index (χ2v) is 8.47. The molecule has 1 amide bonds. The molecule has 0 aliphatic carbocycles. The van der Waals surface area contributed by atoms with Crippen LogP contribution in [0.2, 0.25) is 0 Å². The number of hydrogen-bond acceptors (Lipinski definition) is 8. The van der Waals surface area contributed by atoms with Gasteiger partial charge >= 0.3 is 5.97 Å². The minimum absolute atomic E-state index is 0.0266. The number of amides is 1. The van der Waals surface area contributed by atoms with Gasteiger partial charge in [-0.2, -0.15) is 5.26 Å². The van der Waals surface area contributed by atoms with Crippen LogP contribution in [0.3, 0.4) is 0 Å². The van der Waals surface area contributed by atoms with Crippen LogP contribution in [0.4, 0.5) is 5.69 Å². The lowest BCUT2D eigenvalue weighted by molar-refractivity contribution is -0.139. The monoisotopic (exact) mass is 493 g/mol. The van der Waals surface area contributed by atoms with E-state index in [-0.39, 0.29) is 24.2 Å². The molecule has 1 atom stereocenters. The number of anilines is 1. The number of benzene rings is 2. The number of rotatable bonds is 9. The van der Waals surface area contributed by atoms with E-state index < -0.39 is 5.92 Å². The third-order valence-corrected chi connectivity index (χ3v) is 6.30. The maximum atomic E-state index is 13.5. The Morgan fingerprint density at radius 1 is 1.11 bits per heavy atom. The first-order chi connectivity index (χ1) is 16.9. The van der Waals surface area contributed by atoms with Crippen LogP contribution in [0.1, 0.15) is 25.3 Å². The van der Waals surface area contributed by atoms with Crippen molar-refractivity contribution in [3.63, 3.8) is 0 Å². The Kier molecular flexibility index (Phi) is 8.81. The maximum Gasteiger partial charge on any atom is 0.316 e. The number of esters is 1. The molecular formula is C26H27N3O5S. The fourth-order valence-corrected chi connectivity index (χ4v) is 4.64. The van der Waals surface area contributed by atoms with Crippen molar-refractivity contribution in [2.24, 2.45) is 0 Å². The van der Waals surface area contributed by atoms with Gasteiger partial charge < -0.3 is 24.8 Å². The highest BCUT2D eigenvalue weighted by Gasteiger charge is 2.35. The number of ether oxygens (including phenoxy) is 3. The van der Waals surface area contributed by atoms with Crippen molar-refractivity contribution in [1.29, 1.82) is 5.26 Å². The summed E-state index contributed by atoms with van der Waals surface area (Å²) in [7, 11) is 3.06. The zero-order valence-corrected chi connectivity index (χ0v) is 20.8. The highest BCUT2D eigenvalue weighted by molar-refractivity contribution is 8.03. The molecule has 0 saturated carbocycles. The van der Waals surface area contributed by atoms with E-state index in [0.29, 0.717) is 44.6 Å². The molecule has 9 heteroatoms. The largest absolute Gasteiger partial charge is 0.493 e. The minimum atomic E-state index is -0.700. The second kappa shape index (κ2) is 12.0. The molecule has 8 nitrogen and oxygen atoms in total. The Labute approximate surface area is 208 Å². The molecule has 182 valence electrons. The standard InChI is InChI=1S/C26H27N3O5S/c1-5-34-22(30)15-35-26-19(14-27)24(17-11-12-20(32-3)21(13-17)33-4)23(16(2)28-26)25(31)29-18-9-7-6-8-10-18/h6-13,24,28H,5,15H2,1-4H3,(H,29,31)/t24-/m0/s1. The smallest absolute Gasteiger partial charge is 0.316 e. The summed E-state index contributed by atoms with van der Waals surface area (Å²) in [6, 6.07) is 16.6. The quantitative estimate of drug-likeness (QED) is 0.497. The molecule has 35 heavy (non-hydrogen) atoms. The fraction of sp³-hybridized carbons (Fsp3) is 0.269. The first kappa shape index (κ1) is 25.7. The molecule has 0 unspecified atom stereocenters. The second-order valence-electron chi connectivity index (χ2n) is 7.48. The maximum absolute atomic E-state index is 13.5. The third-order valence-electron chi connectivity index (χ3n) is 5.30. The molecule has 0 aromatic heterocycles. The Morgan fingerprint density at radius 3 is 2.46 bits per heavy atom. The van der Waals surface area contributed by atoms with Crippen LogP contribution in [-0.2, 0) is 14.3 Å². The number of allylic oxidation sites excluding steroid dienone is 2. The van der Waals surface area contributed by atoms with Crippen LogP contribution in [0.25, 0.3) is 0 Å². The number of dihydropyridines is 1. The third kappa shape index (κ3) is 5.97. The number of thioether (sulfide) groups is 1. The zero-order valence-electron chi connectivity index (χ0n) is 20.0. The van der Waals surface area contributed by atoms with E-state index in [1.165, 1.54) is 26.0 Å². The van der Waals surface area contributed by atoms with Crippen molar-refractivity contribution in [1.82, 2.24) is 5.32 Å². The Bertz CT molecular complexity index is 1200. The van der Waals surface area contributed by atoms with Gasteiger partial charge in [-0.15, -0.1) is 0 Å². The first-order valence-electron chi connectivity index (χ1n) is 10.9. The van der Waals surface area contributed by atoms with Crippen LogP contribution < -0.4 is 20.1 Å². The molecule has 2 aromatic carbocycles. The molecule has 0 radical (unpaired) electrons. The molecule has 0 spiro atoms. The lowest BCUT2D eigenvalue weighted by atomic mass is 9.82. The lowest BCUT2D eigenvalue weighted by Crippen LogP contribution is -2.31. The van der Waals surface area contributed by atoms with Crippen LogP contribution >= 0.6 is 11.8 Å². The Hall–Kier alpha value is -3.90. The van der Waals surface area contributed by atoms with Gasteiger partial charge in [0.1, 0.15) is 0 Å². The van der Waals surface area contributed by atoms with Crippen molar-refractivity contribution in [3.8, 4) is 17.6 Å². The van der Waals surface area contributed by atoms with Crippen molar-refractivity contribution in [2.45, 2.75) is 19.8 Å². The van der Waals surface area contributed by atoms with E-state index >= 15 is 0 Å². The van der Waals surface area contributed by atoms with Gasteiger partial charge in [0.05, 0.1) is 49.2 Å².